The largest absolute Gasteiger partial charge is 0.507 e. The van der Waals surface area contributed by atoms with Gasteiger partial charge < -0.3 is 20.1 Å². The Labute approximate surface area is 213 Å². The molecule has 4 aromatic rings. The molecule has 0 spiro atoms. The molecule has 0 saturated heterocycles. The second kappa shape index (κ2) is 9.58. The number of benzene rings is 3. The number of esters is 1. The summed E-state index contributed by atoms with van der Waals surface area (Å²) >= 11 is 0. The van der Waals surface area contributed by atoms with E-state index in [4.69, 9.17) is 4.74 Å². The van der Waals surface area contributed by atoms with Crippen LogP contribution in [0, 0.1) is 5.82 Å². The minimum absolute atomic E-state index is 0.116. The van der Waals surface area contributed by atoms with Gasteiger partial charge in [0.15, 0.2) is 11.4 Å². The van der Waals surface area contributed by atoms with Crippen LogP contribution in [0.1, 0.15) is 42.1 Å². The minimum Gasteiger partial charge on any atom is -0.507 e. The molecule has 2 heterocycles. The van der Waals surface area contributed by atoms with Crippen LogP contribution < -0.4 is 5.32 Å². The van der Waals surface area contributed by atoms with Gasteiger partial charge in [-0.1, -0.05) is 60.7 Å². The molecule has 1 aliphatic heterocycles. The normalized spacial score (nSPS) is 18.2. The molecule has 6 nitrogen and oxygen atoms in total. The van der Waals surface area contributed by atoms with Crippen molar-refractivity contribution in [1.82, 2.24) is 10.3 Å². The first-order valence-corrected chi connectivity index (χ1v) is 12.1. The lowest BCUT2D eigenvalue weighted by atomic mass is 9.82. The molecular formula is C30H27FN2O4. The molecule has 0 saturated carbocycles. The smallest absolute Gasteiger partial charge is 0.339 e. The van der Waals surface area contributed by atoms with Crippen molar-refractivity contribution in [2.45, 2.75) is 31.8 Å². The Kier molecular flexibility index (Phi) is 6.29. The molecule has 37 heavy (non-hydrogen) atoms. The Balaban J connectivity index is 1.73. The van der Waals surface area contributed by atoms with E-state index in [-0.39, 0.29) is 17.2 Å². The fourth-order valence-corrected chi connectivity index (χ4v) is 5.10. The molecular weight excluding hydrogens is 471 g/mol. The lowest BCUT2D eigenvalue weighted by Crippen LogP contribution is -2.25. The van der Waals surface area contributed by atoms with Gasteiger partial charge in [-0.3, -0.25) is 4.79 Å². The number of aliphatic hydroxyl groups is 1. The summed E-state index contributed by atoms with van der Waals surface area (Å²) in [7, 11) is 0. The SMILES string of the molecule is CC(=O)NCCc1c(C(C2=C(O)C(C)(c3ccccc3)OC2=O)c2ccccc2)[nH]c2cc(F)ccc12. The van der Waals surface area contributed by atoms with Crippen LogP contribution in [0.15, 0.2) is 90.2 Å². The molecule has 5 rings (SSSR count). The number of hydrogen-bond donors (Lipinski definition) is 3. The lowest BCUT2D eigenvalue weighted by Gasteiger charge is -2.24. The molecule has 0 bridgehead atoms. The number of aliphatic hydroxyl groups excluding tert-OH is 1. The molecule has 0 aliphatic carbocycles. The van der Waals surface area contributed by atoms with E-state index < -0.39 is 23.3 Å². The van der Waals surface area contributed by atoms with Gasteiger partial charge in [-0.2, -0.15) is 0 Å². The van der Waals surface area contributed by atoms with E-state index in [1.54, 1.807) is 25.1 Å². The molecule has 1 aliphatic rings. The maximum Gasteiger partial charge on any atom is 0.339 e. The predicted octanol–water partition coefficient (Wildman–Crippen LogP) is 5.40. The molecule has 3 aromatic carbocycles. The van der Waals surface area contributed by atoms with E-state index in [2.05, 4.69) is 10.3 Å². The third kappa shape index (κ3) is 4.37. The number of carbonyl (C=O) groups is 2. The van der Waals surface area contributed by atoms with E-state index in [0.29, 0.717) is 29.7 Å². The summed E-state index contributed by atoms with van der Waals surface area (Å²) in [6, 6.07) is 22.9. The Morgan fingerprint density at radius 1 is 1.08 bits per heavy atom. The average Bonchev–Trinajstić information content (AvgIpc) is 3.35. The minimum atomic E-state index is -1.35. The van der Waals surface area contributed by atoms with Crippen LogP contribution in [0.5, 0.6) is 0 Å². The summed E-state index contributed by atoms with van der Waals surface area (Å²) in [4.78, 5) is 28.3. The Morgan fingerprint density at radius 3 is 2.43 bits per heavy atom. The highest BCUT2D eigenvalue weighted by molar-refractivity contribution is 5.96. The second-order valence-electron chi connectivity index (χ2n) is 9.33. The van der Waals surface area contributed by atoms with Crippen LogP contribution in [0.2, 0.25) is 0 Å². The second-order valence-corrected chi connectivity index (χ2v) is 9.33. The number of fused-ring (bicyclic) bond motifs is 1. The van der Waals surface area contributed by atoms with Crippen LogP contribution in [-0.2, 0) is 26.3 Å². The van der Waals surface area contributed by atoms with Crippen molar-refractivity contribution in [2.24, 2.45) is 0 Å². The number of H-pyrrole nitrogens is 1. The van der Waals surface area contributed by atoms with Crippen molar-refractivity contribution in [3.05, 3.63) is 118 Å². The van der Waals surface area contributed by atoms with E-state index in [0.717, 1.165) is 16.5 Å². The quantitative estimate of drug-likeness (QED) is 0.298. The highest BCUT2D eigenvalue weighted by Crippen LogP contribution is 2.47. The number of amides is 1. The summed E-state index contributed by atoms with van der Waals surface area (Å²) in [5.41, 5.74) is 2.18. The summed E-state index contributed by atoms with van der Waals surface area (Å²) in [5.74, 6) is -2.08. The Morgan fingerprint density at radius 2 is 1.76 bits per heavy atom. The third-order valence-corrected chi connectivity index (χ3v) is 6.91. The van der Waals surface area contributed by atoms with Gasteiger partial charge >= 0.3 is 5.97 Å². The molecule has 0 fully saturated rings. The molecule has 0 radical (unpaired) electrons. The fourth-order valence-electron chi connectivity index (χ4n) is 5.10. The van der Waals surface area contributed by atoms with Crippen LogP contribution in [0.25, 0.3) is 10.9 Å². The number of aromatic nitrogens is 1. The number of rotatable bonds is 7. The van der Waals surface area contributed by atoms with Crippen molar-refractivity contribution in [1.29, 1.82) is 0 Å². The van der Waals surface area contributed by atoms with E-state index in [9.17, 15) is 19.1 Å². The Hall–Kier alpha value is -4.39. The zero-order valence-corrected chi connectivity index (χ0v) is 20.5. The molecule has 2 unspecified atom stereocenters. The first-order chi connectivity index (χ1) is 17.8. The lowest BCUT2D eigenvalue weighted by molar-refractivity contribution is -0.147. The molecule has 2 atom stereocenters. The van der Waals surface area contributed by atoms with Crippen LogP contribution in [-0.4, -0.2) is 28.5 Å². The number of halogens is 1. The number of cyclic esters (lactones) is 1. The highest BCUT2D eigenvalue weighted by atomic mass is 19.1. The fraction of sp³-hybridized carbons (Fsp3) is 0.200. The van der Waals surface area contributed by atoms with Gasteiger partial charge in [0.2, 0.25) is 5.91 Å². The van der Waals surface area contributed by atoms with Gasteiger partial charge in [-0.05, 0) is 42.7 Å². The van der Waals surface area contributed by atoms with Crippen LogP contribution >= 0.6 is 0 Å². The van der Waals surface area contributed by atoms with Gasteiger partial charge in [0, 0.05) is 35.6 Å². The van der Waals surface area contributed by atoms with E-state index in [1.807, 2.05) is 48.5 Å². The van der Waals surface area contributed by atoms with Gasteiger partial charge in [0.1, 0.15) is 5.82 Å². The van der Waals surface area contributed by atoms with Gasteiger partial charge in [0.05, 0.1) is 11.5 Å². The third-order valence-electron chi connectivity index (χ3n) is 6.91. The van der Waals surface area contributed by atoms with Gasteiger partial charge in [-0.25, -0.2) is 9.18 Å². The average molecular weight is 499 g/mol. The van der Waals surface area contributed by atoms with Crippen molar-refractivity contribution >= 4 is 22.8 Å². The van der Waals surface area contributed by atoms with Crippen molar-refractivity contribution < 1.29 is 23.8 Å². The van der Waals surface area contributed by atoms with Crippen LogP contribution in [0.4, 0.5) is 4.39 Å². The van der Waals surface area contributed by atoms with Gasteiger partial charge in [-0.15, -0.1) is 0 Å². The summed E-state index contributed by atoms with van der Waals surface area (Å²) in [6.45, 7) is 3.47. The van der Waals surface area contributed by atoms with Crippen molar-refractivity contribution in [2.75, 3.05) is 6.54 Å². The number of aromatic amines is 1. The zero-order valence-electron chi connectivity index (χ0n) is 20.5. The first-order valence-electron chi connectivity index (χ1n) is 12.1. The number of carbonyl (C=O) groups excluding carboxylic acids is 2. The standard InChI is InChI=1S/C30H27FN2O4/c1-18(34)32-16-15-23-22-14-13-21(31)17-24(22)33-27(23)25(19-9-5-3-6-10-19)26-28(35)30(2,37-29(26)36)20-11-7-4-8-12-20/h3-14,17,25,33,35H,15-16H2,1-2H3,(H,32,34). The molecule has 1 aromatic heterocycles. The number of hydrogen-bond acceptors (Lipinski definition) is 4. The summed E-state index contributed by atoms with van der Waals surface area (Å²) in [6.07, 6.45) is 0.433. The maximum atomic E-state index is 14.2. The summed E-state index contributed by atoms with van der Waals surface area (Å²) < 4.78 is 20.0. The number of nitrogens with one attached hydrogen (secondary N) is 2. The van der Waals surface area contributed by atoms with Crippen molar-refractivity contribution in [3.8, 4) is 0 Å². The molecule has 7 heteroatoms. The zero-order chi connectivity index (χ0) is 26.2. The number of ether oxygens (including phenoxy) is 1. The van der Waals surface area contributed by atoms with Crippen LogP contribution in [0.3, 0.4) is 0 Å². The van der Waals surface area contributed by atoms with E-state index >= 15 is 0 Å². The molecule has 3 N–H and O–H groups in total. The molecule has 1 amide bonds. The summed E-state index contributed by atoms with van der Waals surface area (Å²) in [5, 5.41) is 15.2. The predicted molar refractivity (Wildman–Crippen MR) is 138 cm³/mol. The Bertz CT molecular complexity index is 1510. The highest BCUT2D eigenvalue weighted by Gasteiger charge is 2.49. The maximum absolute atomic E-state index is 14.2. The molecule has 188 valence electrons. The monoisotopic (exact) mass is 498 g/mol. The van der Waals surface area contributed by atoms with E-state index in [1.165, 1.54) is 19.1 Å². The van der Waals surface area contributed by atoms with Crippen molar-refractivity contribution in [3.63, 3.8) is 0 Å². The first kappa shape index (κ1) is 24.3. The van der Waals surface area contributed by atoms with Gasteiger partial charge in [0.25, 0.3) is 0 Å². The topological polar surface area (TPSA) is 91.4 Å².